The molecule has 0 aliphatic rings. The molecule has 0 aliphatic heterocycles. The van der Waals surface area contributed by atoms with Gasteiger partial charge in [0.15, 0.2) is 0 Å². The number of ether oxygens (including phenoxy) is 1. The van der Waals surface area contributed by atoms with E-state index in [1.54, 1.807) is 0 Å². The van der Waals surface area contributed by atoms with Crippen molar-refractivity contribution in [1.29, 1.82) is 0 Å². The van der Waals surface area contributed by atoms with Crippen molar-refractivity contribution in [1.82, 2.24) is 10.6 Å². The molecule has 16 heavy (non-hydrogen) atoms. The fourth-order valence-electron chi connectivity index (χ4n) is 1.32. The van der Waals surface area contributed by atoms with Gasteiger partial charge in [-0.05, 0) is 27.2 Å². The normalized spacial score (nSPS) is 14.5. The number of rotatable bonds is 9. The molecule has 0 aliphatic carbocycles. The molecular weight excluding hydrogens is 204 g/mol. The van der Waals surface area contributed by atoms with E-state index in [1.807, 2.05) is 20.8 Å². The van der Waals surface area contributed by atoms with Crippen LogP contribution in [-0.4, -0.2) is 37.7 Å². The Hall–Kier alpha value is -0.610. The highest BCUT2D eigenvalue weighted by Gasteiger charge is 2.12. The second-order valence-electron chi connectivity index (χ2n) is 4.04. The number of nitrogens with one attached hydrogen (secondary N) is 2. The maximum absolute atomic E-state index is 11.6. The van der Waals surface area contributed by atoms with Crippen LogP contribution in [0.4, 0.5) is 0 Å². The van der Waals surface area contributed by atoms with Crippen LogP contribution in [0.3, 0.4) is 0 Å². The van der Waals surface area contributed by atoms with Gasteiger partial charge in [-0.15, -0.1) is 0 Å². The molecule has 1 amide bonds. The fourth-order valence-corrected chi connectivity index (χ4v) is 1.32. The van der Waals surface area contributed by atoms with Crippen molar-refractivity contribution in [2.75, 3.05) is 19.7 Å². The van der Waals surface area contributed by atoms with E-state index in [0.717, 1.165) is 19.4 Å². The van der Waals surface area contributed by atoms with Gasteiger partial charge in [0.05, 0.1) is 12.1 Å². The average molecular weight is 230 g/mol. The van der Waals surface area contributed by atoms with Crippen LogP contribution >= 0.6 is 0 Å². The highest BCUT2D eigenvalue weighted by molar-refractivity contribution is 5.81. The molecule has 0 rings (SSSR count). The number of amides is 1. The van der Waals surface area contributed by atoms with Crippen LogP contribution in [0.1, 0.15) is 40.5 Å². The Labute approximate surface area is 99.1 Å². The number of carbonyl (C=O) groups is 1. The first-order valence-electron chi connectivity index (χ1n) is 6.24. The number of unbranched alkanes of at least 4 members (excludes halogenated alkanes) is 1. The summed E-state index contributed by atoms with van der Waals surface area (Å²) in [5.74, 6) is 0.0668. The van der Waals surface area contributed by atoms with Gasteiger partial charge in [-0.25, -0.2) is 0 Å². The SMILES string of the molecule is CCCCNC(=O)C(C)NCC(C)OCC. The summed E-state index contributed by atoms with van der Waals surface area (Å²) in [6.07, 6.45) is 2.29. The predicted octanol–water partition coefficient (Wildman–Crippen LogP) is 1.31. The van der Waals surface area contributed by atoms with E-state index in [1.165, 1.54) is 0 Å². The van der Waals surface area contributed by atoms with Crippen LogP contribution in [-0.2, 0) is 9.53 Å². The van der Waals surface area contributed by atoms with Gasteiger partial charge in [0.1, 0.15) is 0 Å². The number of hydrogen-bond donors (Lipinski definition) is 2. The van der Waals surface area contributed by atoms with Crippen molar-refractivity contribution in [2.45, 2.75) is 52.7 Å². The Morgan fingerprint density at radius 1 is 1.31 bits per heavy atom. The Morgan fingerprint density at radius 3 is 2.56 bits per heavy atom. The fraction of sp³-hybridized carbons (Fsp3) is 0.917. The zero-order valence-corrected chi connectivity index (χ0v) is 11.0. The topological polar surface area (TPSA) is 50.4 Å². The van der Waals surface area contributed by atoms with Gasteiger partial charge >= 0.3 is 0 Å². The molecule has 2 unspecified atom stereocenters. The maximum Gasteiger partial charge on any atom is 0.236 e. The Balaban J connectivity index is 3.62. The van der Waals surface area contributed by atoms with E-state index >= 15 is 0 Å². The summed E-state index contributed by atoms with van der Waals surface area (Å²) in [7, 11) is 0. The molecule has 0 fully saturated rings. The second kappa shape index (κ2) is 9.60. The Bertz CT molecular complexity index is 186. The highest BCUT2D eigenvalue weighted by Crippen LogP contribution is 1.90. The van der Waals surface area contributed by atoms with Crippen molar-refractivity contribution in [2.24, 2.45) is 0 Å². The highest BCUT2D eigenvalue weighted by atomic mass is 16.5. The molecular formula is C12H26N2O2. The van der Waals surface area contributed by atoms with Crippen LogP contribution in [0, 0.1) is 0 Å². The monoisotopic (exact) mass is 230 g/mol. The van der Waals surface area contributed by atoms with Gasteiger partial charge < -0.3 is 15.4 Å². The number of carbonyl (C=O) groups excluding carboxylic acids is 1. The lowest BCUT2D eigenvalue weighted by atomic mass is 10.2. The standard InChI is InChI=1S/C12H26N2O2/c1-5-7-8-13-12(15)11(4)14-9-10(3)16-6-2/h10-11,14H,5-9H2,1-4H3,(H,13,15). The summed E-state index contributed by atoms with van der Waals surface area (Å²) in [6, 6.07) is -0.153. The first kappa shape index (κ1) is 15.4. The van der Waals surface area contributed by atoms with Gasteiger partial charge in [-0.1, -0.05) is 13.3 Å². The van der Waals surface area contributed by atoms with Crippen LogP contribution in [0.25, 0.3) is 0 Å². The first-order chi connectivity index (χ1) is 7.61. The Kier molecular flexibility index (Phi) is 9.24. The van der Waals surface area contributed by atoms with Crippen molar-refractivity contribution < 1.29 is 9.53 Å². The van der Waals surface area contributed by atoms with Crippen LogP contribution in [0.2, 0.25) is 0 Å². The second-order valence-corrected chi connectivity index (χ2v) is 4.04. The quantitative estimate of drug-likeness (QED) is 0.587. The van der Waals surface area contributed by atoms with Gasteiger partial charge in [-0.3, -0.25) is 4.79 Å². The van der Waals surface area contributed by atoms with E-state index in [0.29, 0.717) is 13.2 Å². The first-order valence-corrected chi connectivity index (χ1v) is 6.24. The summed E-state index contributed by atoms with van der Waals surface area (Å²) in [5.41, 5.74) is 0. The van der Waals surface area contributed by atoms with Crippen molar-refractivity contribution in [3.05, 3.63) is 0 Å². The minimum atomic E-state index is -0.153. The molecule has 0 saturated carbocycles. The smallest absolute Gasteiger partial charge is 0.236 e. The van der Waals surface area contributed by atoms with Crippen molar-refractivity contribution in [3.63, 3.8) is 0 Å². The lowest BCUT2D eigenvalue weighted by Gasteiger charge is -2.17. The summed E-state index contributed by atoms with van der Waals surface area (Å²) in [4.78, 5) is 11.6. The summed E-state index contributed by atoms with van der Waals surface area (Å²) >= 11 is 0. The van der Waals surface area contributed by atoms with Crippen LogP contribution in [0.15, 0.2) is 0 Å². The lowest BCUT2D eigenvalue weighted by Crippen LogP contribution is -2.44. The van der Waals surface area contributed by atoms with E-state index < -0.39 is 0 Å². The number of hydrogen-bond acceptors (Lipinski definition) is 3. The molecule has 2 atom stereocenters. The van der Waals surface area contributed by atoms with Gasteiger partial charge in [0.25, 0.3) is 0 Å². The molecule has 0 aromatic rings. The van der Waals surface area contributed by atoms with E-state index in [9.17, 15) is 4.79 Å². The lowest BCUT2D eigenvalue weighted by molar-refractivity contribution is -0.122. The molecule has 0 bridgehead atoms. The molecule has 0 saturated heterocycles. The molecule has 0 spiro atoms. The maximum atomic E-state index is 11.6. The molecule has 2 N–H and O–H groups in total. The molecule has 96 valence electrons. The zero-order chi connectivity index (χ0) is 12.4. The minimum absolute atomic E-state index is 0.0668. The summed E-state index contributed by atoms with van der Waals surface area (Å²) in [5, 5.41) is 6.05. The largest absolute Gasteiger partial charge is 0.377 e. The third-order valence-electron chi connectivity index (χ3n) is 2.39. The third kappa shape index (κ3) is 7.65. The molecule has 4 nitrogen and oxygen atoms in total. The van der Waals surface area contributed by atoms with E-state index in [4.69, 9.17) is 4.74 Å². The van der Waals surface area contributed by atoms with Crippen LogP contribution in [0.5, 0.6) is 0 Å². The van der Waals surface area contributed by atoms with Gasteiger partial charge in [0, 0.05) is 19.7 Å². The van der Waals surface area contributed by atoms with E-state index in [2.05, 4.69) is 17.6 Å². The third-order valence-corrected chi connectivity index (χ3v) is 2.39. The summed E-state index contributed by atoms with van der Waals surface area (Å²) < 4.78 is 5.38. The van der Waals surface area contributed by atoms with Gasteiger partial charge in [0.2, 0.25) is 5.91 Å². The molecule has 4 heteroatoms. The van der Waals surface area contributed by atoms with Gasteiger partial charge in [-0.2, -0.15) is 0 Å². The van der Waals surface area contributed by atoms with Crippen LogP contribution < -0.4 is 10.6 Å². The zero-order valence-electron chi connectivity index (χ0n) is 11.0. The molecule has 0 radical (unpaired) electrons. The van der Waals surface area contributed by atoms with Crippen molar-refractivity contribution >= 4 is 5.91 Å². The minimum Gasteiger partial charge on any atom is -0.377 e. The Morgan fingerprint density at radius 2 is 2.00 bits per heavy atom. The van der Waals surface area contributed by atoms with E-state index in [-0.39, 0.29) is 18.1 Å². The van der Waals surface area contributed by atoms with Crippen molar-refractivity contribution in [3.8, 4) is 0 Å². The average Bonchev–Trinajstić information content (AvgIpc) is 2.26. The summed E-state index contributed by atoms with van der Waals surface area (Å²) in [6.45, 7) is 10.1. The molecule has 0 aromatic carbocycles. The molecule has 0 heterocycles. The predicted molar refractivity (Wildman–Crippen MR) is 66.5 cm³/mol. The molecule has 0 aromatic heterocycles.